The van der Waals surface area contributed by atoms with E-state index in [4.69, 9.17) is 9.73 Å². The van der Waals surface area contributed by atoms with Crippen LogP contribution >= 0.6 is 0 Å². The molecular weight excluding hydrogens is 538 g/mol. The zero-order chi connectivity index (χ0) is 29.5. The van der Waals surface area contributed by atoms with E-state index >= 15 is 0 Å². The van der Waals surface area contributed by atoms with E-state index in [1.807, 2.05) is 32.0 Å². The first-order valence-corrected chi connectivity index (χ1v) is 12.1. The van der Waals surface area contributed by atoms with Gasteiger partial charge in [0.05, 0.1) is 41.5 Å². The van der Waals surface area contributed by atoms with Crippen LogP contribution in [0.15, 0.2) is 65.7 Å². The number of halogens is 6. The molecule has 0 fully saturated rings. The highest BCUT2D eigenvalue weighted by Gasteiger charge is 2.39. The molecule has 210 valence electrons. The van der Waals surface area contributed by atoms with Crippen LogP contribution in [0.3, 0.4) is 0 Å². The zero-order valence-electron chi connectivity index (χ0n) is 21.6. The third-order valence-corrected chi connectivity index (χ3v) is 6.38. The number of carbonyl (C=O) groups excluding carboxylic acids is 2. The molecule has 3 aromatic rings. The quantitative estimate of drug-likeness (QED) is 0.252. The molecule has 0 unspecified atom stereocenters. The summed E-state index contributed by atoms with van der Waals surface area (Å²) in [5.74, 6) is -0.893. The molecule has 1 N–H and O–H groups in total. The molecule has 0 saturated heterocycles. The van der Waals surface area contributed by atoms with Gasteiger partial charge in [-0.2, -0.15) is 26.3 Å². The largest absolute Gasteiger partial charge is 0.497 e. The third kappa shape index (κ3) is 6.35. The number of alkyl halides is 6. The molecule has 1 amide bonds. The van der Waals surface area contributed by atoms with Gasteiger partial charge in [0.1, 0.15) is 5.75 Å². The fraction of sp³-hybridized carbons (Fsp3) is 0.276. The average molecular weight is 563 g/mol. The van der Waals surface area contributed by atoms with E-state index in [-0.39, 0.29) is 29.5 Å². The summed E-state index contributed by atoms with van der Waals surface area (Å²) < 4.78 is 84.4. The molecule has 4 rings (SSSR count). The lowest BCUT2D eigenvalue weighted by molar-refractivity contribution is -0.143. The number of ketones is 1. The topological polar surface area (TPSA) is 67.8 Å². The van der Waals surface area contributed by atoms with E-state index in [1.165, 1.54) is 31.4 Å². The van der Waals surface area contributed by atoms with Gasteiger partial charge in [0.15, 0.2) is 5.78 Å². The highest BCUT2D eigenvalue weighted by atomic mass is 19.4. The molecule has 0 saturated carbocycles. The molecule has 1 aliphatic rings. The SMILES string of the molecule is COc1ccc2c(c1)C(CC(=O)c1ccc(NC(=O)c3ccc(C(F)(F)F)cc3C(F)(F)F)cc1)=NC(C)(C)C2. The molecule has 11 heteroatoms. The van der Waals surface area contributed by atoms with Crippen LogP contribution in [0.5, 0.6) is 5.75 Å². The number of ether oxygens (including phenoxy) is 1. The first kappa shape index (κ1) is 28.8. The summed E-state index contributed by atoms with van der Waals surface area (Å²) in [6.45, 7) is 3.92. The second-order valence-electron chi connectivity index (χ2n) is 9.96. The second-order valence-corrected chi connectivity index (χ2v) is 9.96. The van der Waals surface area contributed by atoms with Gasteiger partial charge in [0, 0.05) is 16.8 Å². The highest BCUT2D eigenvalue weighted by Crippen LogP contribution is 2.37. The van der Waals surface area contributed by atoms with Gasteiger partial charge < -0.3 is 10.1 Å². The van der Waals surface area contributed by atoms with E-state index in [1.54, 1.807) is 0 Å². The number of nitrogens with one attached hydrogen (secondary N) is 1. The Hall–Kier alpha value is -4.15. The Morgan fingerprint density at radius 2 is 1.60 bits per heavy atom. The van der Waals surface area contributed by atoms with Crippen LogP contribution in [0.25, 0.3) is 0 Å². The van der Waals surface area contributed by atoms with Crippen molar-refractivity contribution in [2.24, 2.45) is 4.99 Å². The fourth-order valence-corrected chi connectivity index (χ4v) is 4.52. The van der Waals surface area contributed by atoms with Gasteiger partial charge in [-0.25, -0.2) is 0 Å². The molecule has 0 radical (unpaired) electrons. The molecule has 0 bridgehead atoms. The molecule has 1 aliphatic heterocycles. The minimum absolute atomic E-state index is 0.0181. The lowest BCUT2D eigenvalue weighted by Crippen LogP contribution is -2.30. The molecule has 0 aromatic heterocycles. The first-order chi connectivity index (χ1) is 18.6. The lowest BCUT2D eigenvalue weighted by Gasteiger charge is -2.29. The van der Waals surface area contributed by atoms with Crippen LogP contribution in [-0.4, -0.2) is 30.1 Å². The number of nitrogens with zero attached hydrogens (tertiary/aromatic N) is 1. The smallest absolute Gasteiger partial charge is 0.417 e. The molecule has 1 heterocycles. The van der Waals surface area contributed by atoms with Gasteiger partial charge >= 0.3 is 12.4 Å². The van der Waals surface area contributed by atoms with E-state index in [0.717, 1.165) is 11.1 Å². The molecule has 40 heavy (non-hydrogen) atoms. The van der Waals surface area contributed by atoms with E-state index in [9.17, 15) is 35.9 Å². The predicted octanol–water partition coefficient (Wildman–Crippen LogP) is 7.38. The van der Waals surface area contributed by atoms with Crippen LogP contribution in [0.1, 0.15) is 63.2 Å². The van der Waals surface area contributed by atoms with Crippen molar-refractivity contribution in [2.45, 2.75) is 44.6 Å². The Bertz CT molecular complexity index is 1490. The normalized spacial score (nSPS) is 14.7. The standard InChI is InChI=1S/C29H24F6N2O3/c1-27(2)15-17-6-10-20(40-3)13-22(17)24(37-27)14-25(38)16-4-8-19(9-5-16)36-26(39)21-11-7-18(28(30,31)32)12-23(21)29(33,34)35/h4-13H,14-15H2,1-3H3,(H,36,39). The molecule has 0 aliphatic carbocycles. The summed E-state index contributed by atoms with van der Waals surface area (Å²) in [5, 5.41) is 2.24. The number of hydrogen-bond acceptors (Lipinski definition) is 4. The summed E-state index contributed by atoms with van der Waals surface area (Å²) >= 11 is 0. The predicted molar refractivity (Wildman–Crippen MR) is 137 cm³/mol. The summed E-state index contributed by atoms with van der Waals surface area (Å²) in [5.41, 5.74) is -1.84. The number of benzene rings is 3. The lowest BCUT2D eigenvalue weighted by atomic mass is 9.85. The maximum Gasteiger partial charge on any atom is 0.417 e. The minimum Gasteiger partial charge on any atom is -0.497 e. The molecule has 0 spiro atoms. The second kappa shape index (κ2) is 10.4. The van der Waals surface area contributed by atoms with Crippen LogP contribution < -0.4 is 10.1 Å². The number of carbonyl (C=O) groups is 2. The number of amides is 1. The summed E-state index contributed by atoms with van der Waals surface area (Å²) in [7, 11) is 1.54. The number of anilines is 1. The van der Waals surface area contributed by atoms with Gasteiger partial charge in [-0.15, -0.1) is 0 Å². The van der Waals surface area contributed by atoms with Crippen molar-refractivity contribution < 1.29 is 40.7 Å². The van der Waals surface area contributed by atoms with Crippen molar-refractivity contribution in [1.29, 1.82) is 0 Å². The van der Waals surface area contributed by atoms with Crippen molar-refractivity contribution in [3.63, 3.8) is 0 Å². The Labute approximate surface area is 225 Å². The van der Waals surface area contributed by atoms with Gasteiger partial charge in [0.2, 0.25) is 0 Å². The molecule has 3 aromatic carbocycles. The minimum atomic E-state index is -5.19. The van der Waals surface area contributed by atoms with Crippen molar-refractivity contribution >= 4 is 23.1 Å². The van der Waals surface area contributed by atoms with Crippen LogP contribution in [0, 0.1) is 0 Å². The Morgan fingerprint density at radius 3 is 2.20 bits per heavy atom. The van der Waals surface area contributed by atoms with E-state index in [0.29, 0.717) is 30.0 Å². The van der Waals surface area contributed by atoms with Gasteiger partial charge in [-0.3, -0.25) is 14.6 Å². The number of fused-ring (bicyclic) bond motifs is 1. The number of methoxy groups -OCH3 is 1. The number of hydrogen-bond donors (Lipinski definition) is 1. The molecule has 5 nitrogen and oxygen atoms in total. The summed E-state index contributed by atoms with van der Waals surface area (Å²) in [6.07, 6.45) is -9.53. The first-order valence-electron chi connectivity index (χ1n) is 12.1. The molecule has 0 atom stereocenters. The Balaban J connectivity index is 1.53. The molecular formula is C29H24F6N2O3. The highest BCUT2D eigenvalue weighted by molar-refractivity contribution is 6.17. The average Bonchev–Trinajstić information content (AvgIpc) is 2.87. The van der Waals surface area contributed by atoms with Crippen molar-refractivity contribution in [3.8, 4) is 5.75 Å². The zero-order valence-corrected chi connectivity index (χ0v) is 21.6. The van der Waals surface area contributed by atoms with Crippen molar-refractivity contribution in [2.75, 3.05) is 12.4 Å². The van der Waals surface area contributed by atoms with E-state index < -0.39 is 40.5 Å². The maximum absolute atomic E-state index is 13.4. The fourth-order valence-electron chi connectivity index (χ4n) is 4.52. The summed E-state index contributed by atoms with van der Waals surface area (Å²) in [4.78, 5) is 30.4. The Morgan fingerprint density at radius 1 is 0.925 bits per heavy atom. The number of aliphatic imine (C=N–C) groups is 1. The van der Waals surface area contributed by atoms with Gasteiger partial charge in [-0.1, -0.05) is 6.07 Å². The maximum atomic E-state index is 13.4. The summed E-state index contributed by atoms with van der Waals surface area (Å²) in [6, 6.07) is 11.9. The number of Topliss-reactive ketones (excluding diaryl/α,β-unsaturated/α-hetero) is 1. The van der Waals surface area contributed by atoms with Crippen molar-refractivity contribution in [3.05, 3.63) is 94.0 Å². The van der Waals surface area contributed by atoms with E-state index in [2.05, 4.69) is 5.32 Å². The van der Waals surface area contributed by atoms with Crippen LogP contribution in [0.2, 0.25) is 0 Å². The van der Waals surface area contributed by atoms with Gasteiger partial charge in [0.25, 0.3) is 5.91 Å². The monoisotopic (exact) mass is 562 g/mol. The van der Waals surface area contributed by atoms with Crippen LogP contribution in [0.4, 0.5) is 32.0 Å². The Kier molecular flexibility index (Phi) is 7.53. The number of rotatable bonds is 6. The van der Waals surface area contributed by atoms with Gasteiger partial charge in [-0.05, 0) is 80.4 Å². The third-order valence-electron chi connectivity index (χ3n) is 6.38. The van der Waals surface area contributed by atoms with Crippen LogP contribution in [-0.2, 0) is 18.8 Å². The van der Waals surface area contributed by atoms with Crippen molar-refractivity contribution in [1.82, 2.24) is 0 Å².